The summed E-state index contributed by atoms with van der Waals surface area (Å²) >= 11 is 0. The minimum Gasteiger partial charge on any atom is -0.364 e. The van der Waals surface area contributed by atoms with Gasteiger partial charge in [-0.25, -0.2) is 9.97 Å². The van der Waals surface area contributed by atoms with E-state index in [2.05, 4.69) is 25.7 Å². The van der Waals surface area contributed by atoms with Crippen molar-refractivity contribution >= 4 is 17.3 Å². The van der Waals surface area contributed by atoms with Crippen LogP contribution in [0, 0.1) is 10.1 Å². The number of nitro groups is 1. The van der Waals surface area contributed by atoms with Crippen LogP contribution in [0.1, 0.15) is 19.0 Å². The summed E-state index contributed by atoms with van der Waals surface area (Å²) < 4.78 is 1.67. The second-order valence-electron chi connectivity index (χ2n) is 4.44. The molecule has 0 aliphatic carbocycles. The van der Waals surface area contributed by atoms with Crippen molar-refractivity contribution in [2.75, 3.05) is 17.2 Å². The van der Waals surface area contributed by atoms with Gasteiger partial charge < -0.3 is 10.6 Å². The normalized spacial score (nSPS) is 10.4. The molecule has 0 bridgehead atoms. The third-order valence-electron chi connectivity index (χ3n) is 2.75. The molecule has 2 aromatic rings. The van der Waals surface area contributed by atoms with E-state index < -0.39 is 4.92 Å². The number of hydrogen-bond acceptors (Lipinski definition) is 7. The molecule has 0 fully saturated rings. The van der Waals surface area contributed by atoms with Gasteiger partial charge in [0, 0.05) is 19.8 Å². The fourth-order valence-corrected chi connectivity index (χ4v) is 1.79. The van der Waals surface area contributed by atoms with Crippen molar-refractivity contribution in [2.24, 2.45) is 7.05 Å². The summed E-state index contributed by atoms with van der Waals surface area (Å²) in [5, 5.41) is 21.3. The fourth-order valence-electron chi connectivity index (χ4n) is 1.79. The molecule has 2 rings (SSSR count). The van der Waals surface area contributed by atoms with E-state index in [1.165, 1.54) is 6.33 Å². The number of aryl methyl sites for hydroxylation is 1. The lowest BCUT2D eigenvalue weighted by Crippen LogP contribution is -2.10. The van der Waals surface area contributed by atoms with Gasteiger partial charge in [0.1, 0.15) is 6.33 Å². The Morgan fingerprint density at radius 3 is 2.62 bits per heavy atom. The summed E-state index contributed by atoms with van der Waals surface area (Å²) in [6, 6.07) is 1.83. The van der Waals surface area contributed by atoms with Crippen LogP contribution in [0.5, 0.6) is 0 Å². The molecule has 0 unspecified atom stereocenters. The van der Waals surface area contributed by atoms with Crippen LogP contribution in [0.3, 0.4) is 0 Å². The lowest BCUT2D eigenvalue weighted by atomic mass is 10.3. The first-order valence-electron chi connectivity index (χ1n) is 6.57. The molecule has 0 radical (unpaired) electrons. The third kappa shape index (κ3) is 3.65. The van der Waals surface area contributed by atoms with E-state index >= 15 is 0 Å². The van der Waals surface area contributed by atoms with Gasteiger partial charge in [0.25, 0.3) is 0 Å². The molecule has 21 heavy (non-hydrogen) atoms. The Morgan fingerprint density at radius 2 is 2.05 bits per heavy atom. The third-order valence-corrected chi connectivity index (χ3v) is 2.75. The van der Waals surface area contributed by atoms with Crippen LogP contribution in [-0.4, -0.2) is 31.2 Å². The zero-order valence-electron chi connectivity index (χ0n) is 11.9. The SMILES string of the molecule is CCCNc1ncnc(NCc2ccn(C)n2)c1[N+](=O)[O-]. The second kappa shape index (κ2) is 6.64. The maximum absolute atomic E-state index is 11.2. The van der Waals surface area contributed by atoms with Crippen molar-refractivity contribution in [3.8, 4) is 0 Å². The van der Waals surface area contributed by atoms with Crippen LogP contribution < -0.4 is 10.6 Å². The predicted molar refractivity (Wildman–Crippen MR) is 78.0 cm³/mol. The van der Waals surface area contributed by atoms with Crippen LogP contribution in [0.25, 0.3) is 0 Å². The summed E-state index contributed by atoms with van der Waals surface area (Å²) in [6.07, 6.45) is 3.95. The Labute approximate surface area is 121 Å². The Kier molecular flexibility index (Phi) is 4.64. The molecule has 0 saturated heterocycles. The van der Waals surface area contributed by atoms with Gasteiger partial charge >= 0.3 is 5.69 Å². The van der Waals surface area contributed by atoms with E-state index in [0.29, 0.717) is 13.1 Å². The maximum atomic E-state index is 11.2. The van der Waals surface area contributed by atoms with Gasteiger partial charge in [0.2, 0.25) is 11.6 Å². The molecular formula is C12H17N7O2. The number of anilines is 2. The average molecular weight is 291 g/mol. The van der Waals surface area contributed by atoms with E-state index in [1.807, 2.05) is 20.0 Å². The lowest BCUT2D eigenvalue weighted by molar-refractivity contribution is -0.383. The molecule has 0 aromatic carbocycles. The number of hydrogen-bond donors (Lipinski definition) is 2. The van der Waals surface area contributed by atoms with Crippen LogP contribution in [0.4, 0.5) is 17.3 Å². The largest absolute Gasteiger partial charge is 0.364 e. The van der Waals surface area contributed by atoms with Gasteiger partial charge in [-0.3, -0.25) is 14.8 Å². The highest BCUT2D eigenvalue weighted by molar-refractivity contribution is 5.69. The molecule has 2 heterocycles. The highest BCUT2D eigenvalue weighted by Gasteiger charge is 2.22. The van der Waals surface area contributed by atoms with E-state index in [4.69, 9.17) is 0 Å². The summed E-state index contributed by atoms with van der Waals surface area (Å²) in [5.41, 5.74) is 0.621. The average Bonchev–Trinajstić information content (AvgIpc) is 2.88. The monoisotopic (exact) mass is 291 g/mol. The zero-order chi connectivity index (χ0) is 15.2. The van der Waals surface area contributed by atoms with E-state index in [0.717, 1.165) is 12.1 Å². The summed E-state index contributed by atoms with van der Waals surface area (Å²) in [6.45, 7) is 2.93. The Balaban J connectivity index is 2.19. The molecule has 0 amide bonds. The predicted octanol–water partition coefficient (Wildman–Crippen LogP) is 1.55. The van der Waals surface area contributed by atoms with Crippen molar-refractivity contribution in [1.82, 2.24) is 19.7 Å². The number of nitrogens with zero attached hydrogens (tertiary/aromatic N) is 5. The van der Waals surface area contributed by atoms with Crippen LogP contribution in [0.2, 0.25) is 0 Å². The van der Waals surface area contributed by atoms with E-state index in [9.17, 15) is 10.1 Å². The molecule has 0 aliphatic rings. The summed E-state index contributed by atoms with van der Waals surface area (Å²) in [4.78, 5) is 18.6. The molecule has 2 aromatic heterocycles. The molecular weight excluding hydrogens is 274 g/mol. The highest BCUT2D eigenvalue weighted by atomic mass is 16.6. The lowest BCUT2D eigenvalue weighted by Gasteiger charge is -2.08. The van der Waals surface area contributed by atoms with Gasteiger partial charge in [-0.15, -0.1) is 0 Å². The second-order valence-corrected chi connectivity index (χ2v) is 4.44. The smallest absolute Gasteiger partial charge is 0.353 e. The summed E-state index contributed by atoms with van der Waals surface area (Å²) in [7, 11) is 1.81. The van der Waals surface area contributed by atoms with Gasteiger partial charge in [-0.1, -0.05) is 6.92 Å². The fraction of sp³-hybridized carbons (Fsp3) is 0.417. The number of rotatable bonds is 7. The van der Waals surface area contributed by atoms with Gasteiger partial charge in [0.05, 0.1) is 17.2 Å². The number of aromatic nitrogens is 4. The van der Waals surface area contributed by atoms with Gasteiger partial charge in [-0.05, 0) is 12.5 Å². The minimum absolute atomic E-state index is 0.151. The Morgan fingerprint density at radius 1 is 1.33 bits per heavy atom. The molecule has 9 heteroatoms. The van der Waals surface area contributed by atoms with Gasteiger partial charge in [0.15, 0.2) is 0 Å². The van der Waals surface area contributed by atoms with Crippen LogP contribution >= 0.6 is 0 Å². The van der Waals surface area contributed by atoms with Crippen molar-refractivity contribution in [2.45, 2.75) is 19.9 Å². The van der Waals surface area contributed by atoms with E-state index in [1.54, 1.807) is 10.9 Å². The maximum Gasteiger partial charge on any atom is 0.353 e. The first-order valence-corrected chi connectivity index (χ1v) is 6.57. The van der Waals surface area contributed by atoms with Crippen LogP contribution in [-0.2, 0) is 13.6 Å². The minimum atomic E-state index is -0.487. The molecule has 0 spiro atoms. The molecule has 9 nitrogen and oxygen atoms in total. The van der Waals surface area contributed by atoms with E-state index in [-0.39, 0.29) is 17.3 Å². The van der Waals surface area contributed by atoms with Gasteiger partial charge in [-0.2, -0.15) is 5.10 Å². The molecule has 112 valence electrons. The van der Waals surface area contributed by atoms with Crippen LogP contribution in [0.15, 0.2) is 18.6 Å². The van der Waals surface area contributed by atoms with Crippen molar-refractivity contribution in [1.29, 1.82) is 0 Å². The topological polar surface area (TPSA) is 111 Å². The highest BCUT2D eigenvalue weighted by Crippen LogP contribution is 2.28. The molecule has 0 atom stereocenters. The van der Waals surface area contributed by atoms with Crippen molar-refractivity contribution in [3.63, 3.8) is 0 Å². The Hall–Kier alpha value is -2.71. The van der Waals surface area contributed by atoms with Crippen molar-refractivity contribution in [3.05, 3.63) is 34.4 Å². The quantitative estimate of drug-likeness (QED) is 0.588. The summed E-state index contributed by atoms with van der Waals surface area (Å²) in [5.74, 6) is 0.402. The number of nitrogens with one attached hydrogen (secondary N) is 2. The molecule has 2 N–H and O–H groups in total. The molecule has 0 aliphatic heterocycles. The first kappa shape index (κ1) is 14.7. The zero-order valence-corrected chi connectivity index (χ0v) is 11.9. The standard InChI is InChI=1S/C12H17N7O2/c1-3-5-13-11-10(19(20)21)12(16-8-15-11)14-7-9-4-6-18(2)17-9/h4,6,8H,3,5,7H2,1-2H3,(H2,13,14,15,16). The molecule has 0 saturated carbocycles. The first-order chi connectivity index (χ1) is 10.1. The Bertz CT molecular complexity index is 626. The van der Waals surface area contributed by atoms with Crippen molar-refractivity contribution < 1.29 is 4.92 Å².